The molecular weight excluding hydrogens is 279 g/mol. The number of carbonyl (C=O) groups excluding carboxylic acids is 2. The molecule has 0 aliphatic carbocycles. The summed E-state index contributed by atoms with van der Waals surface area (Å²) in [5.74, 6) is -1.08. The molecule has 1 N–H and O–H groups in total. The second kappa shape index (κ2) is 6.17. The summed E-state index contributed by atoms with van der Waals surface area (Å²) in [6, 6.07) is 5.48. The summed E-state index contributed by atoms with van der Waals surface area (Å²) in [6.07, 6.45) is 0. The second-order valence-electron chi connectivity index (χ2n) is 4.41. The van der Waals surface area contributed by atoms with Crippen molar-refractivity contribution in [2.45, 2.75) is 13.8 Å². The lowest BCUT2D eigenvalue weighted by Crippen LogP contribution is -2.21. The molecule has 2 rings (SSSR count). The summed E-state index contributed by atoms with van der Waals surface area (Å²) < 4.78 is 22.9. The molecule has 7 heteroatoms. The summed E-state index contributed by atoms with van der Waals surface area (Å²) in [5, 5.41) is 5.96. The highest BCUT2D eigenvalue weighted by Gasteiger charge is 2.13. The van der Waals surface area contributed by atoms with Crippen molar-refractivity contribution in [1.82, 2.24) is 5.16 Å². The zero-order valence-corrected chi connectivity index (χ0v) is 11.5. The number of halogens is 1. The van der Waals surface area contributed by atoms with Gasteiger partial charge in [0.1, 0.15) is 11.6 Å². The van der Waals surface area contributed by atoms with Crippen LogP contribution in [0.3, 0.4) is 0 Å². The van der Waals surface area contributed by atoms with Gasteiger partial charge in [0.25, 0.3) is 5.91 Å². The summed E-state index contributed by atoms with van der Waals surface area (Å²) in [6.45, 7) is 2.76. The molecule has 0 bridgehead atoms. The number of nitrogens with zero attached hydrogens (tertiary/aromatic N) is 1. The lowest BCUT2D eigenvalue weighted by atomic mass is 10.1. The van der Waals surface area contributed by atoms with Crippen LogP contribution in [0.5, 0.6) is 0 Å². The first-order chi connectivity index (χ1) is 9.95. The first kappa shape index (κ1) is 14.7. The Morgan fingerprint density at radius 2 is 2.10 bits per heavy atom. The number of ether oxygens (including phenoxy) is 1. The van der Waals surface area contributed by atoms with Gasteiger partial charge < -0.3 is 14.6 Å². The topological polar surface area (TPSA) is 81.4 Å². The molecule has 0 unspecified atom stereocenters. The van der Waals surface area contributed by atoms with Gasteiger partial charge in [0, 0.05) is 6.07 Å². The fourth-order valence-corrected chi connectivity index (χ4v) is 1.54. The number of amides is 1. The van der Waals surface area contributed by atoms with E-state index < -0.39 is 24.3 Å². The third-order valence-electron chi connectivity index (χ3n) is 2.64. The molecule has 1 aromatic carbocycles. The molecule has 6 nitrogen and oxygen atoms in total. The minimum Gasteiger partial charge on any atom is -0.452 e. The van der Waals surface area contributed by atoms with Gasteiger partial charge in [0.05, 0.1) is 5.56 Å². The van der Waals surface area contributed by atoms with Crippen LogP contribution in [0.4, 0.5) is 10.2 Å². The summed E-state index contributed by atoms with van der Waals surface area (Å²) >= 11 is 0. The van der Waals surface area contributed by atoms with Crippen molar-refractivity contribution in [3.63, 3.8) is 0 Å². The van der Waals surface area contributed by atoms with Gasteiger partial charge in [-0.3, -0.25) is 4.79 Å². The molecule has 0 saturated heterocycles. The van der Waals surface area contributed by atoms with E-state index in [9.17, 15) is 14.0 Å². The van der Waals surface area contributed by atoms with E-state index in [1.807, 2.05) is 0 Å². The van der Waals surface area contributed by atoms with Crippen LogP contribution in [0.2, 0.25) is 0 Å². The Morgan fingerprint density at radius 1 is 1.33 bits per heavy atom. The number of esters is 1. The maximum Gasteiger partial charge on any atom is 0.338 e. The van der Waals surface area contributed by atoms with Gasteiger partial charge in [-0.2, -0.15) is 0 Å². The maximum atomic E-state index is 13.3. The molecule has 110 valence electrons. The van der Waals surface area contributed by atoms with Gasteiger partial charge in [-0.05, 0) is 31.5 Å². The van der Waals surface area contributed by atoms with Gasteiger partial charge in [-0.25, -0.2) is 9.18 Å². The van der Waals surface area contributed by atoms with E-state index >= 15 is 0 Å². The predicted molar refractivity (Wildman–Crippen MR) is 71.3 cm³/mol. The van der Waals surface area contributed by atoms with E-state index in [4.69, 9.17) is 9.26 Å². The number of aryl methyl sites for hydroxylation is 2. The minimum atomic E-state index is -0.777. The van der Waals surface area contributed by atoms with Crippen molar-refractivity contribution in [1.29, 1.82) is 0 Å². The zero-order valence-electron chi connectivity index (χ0n) is 11.5. The average molecular weight is 292 g/mol. The molecule has 0 saturated carbocycles. The highest BCUT2D eigenvalue weighted by atomic mass is 19.1. The van der Waals surface area contributed by atoms with Gasteiger partial charge in [-0.1, -0.05) is 11.2 Å². The molecule has 0 spiro atoms. The third-order valence-corrected chi connectivity index (χ3v) is 2.64. The lowest BCUT2D eigenvalue weighted by Gasteiger charge is -2.05. The Balaban J connectivity index is 1.88. The Hall–Kier alpha value is -2.70. The molecule has 0 radical (unpaired) electrons. The quantitative estimate of drug-likeness (QED) is 0.874. The summed E-state index contributed by atoms with van der Waals surface area (Å²) in [5.41, 5.74) is 0.467. The van der Waals surface area contributed by atoms with Crippen molar-refractivity contribution in [2.24, 2.45) is 0 Å². The largest absolute Gasteiger partial charge is 0.452 e. The molecule has 1 heterocycles. The van der Waals surface area contributed by atoms with Crippen molar-refractivity contribution < 1.29 is 23.2 Å². The zero-order chi connectivity index (χ0) is 15.4. The van der Waals surface area contributed by atoms with Crippen LogP contribution in [-0.4, -0.2) is 23.6 Å². The number of hydrogen-bond acceptors (Lipinski definition) is 5. The van der Waals surface area contributed by atoms with Gasteiger partial charge in [0.15, 0.2) is 12.4 Å². The van der Waals surface area contributed by atoms with Crippen molar-refractivity contribution in [3.05, 3.63) is 47.0 Å². The van der Waals surface area contributed by atoms with E-state index in [0.29, 0.717) is 11.3 Å². The van der Waals surface area contributed by atoms with Gasteiger partial charge >= 0.3 is 5.97 Å². The van der Waals surface area contributed by atoms with Crippen molar-refractivity contribution in [3.8, 4) is 0 Å². The molecule has 1 aromatic heterocycles. The van der Waals surface area contributed by atoms with Gasteiger partial charge in [-0.15, -0.1) is 0 Å². The van der Waals surface area contributed by atoms with E-state index in [1.165, 1.54) is 18.2 Å². The van der Waals surface area contributed by atoms with E-state index in [0.717, 1.165) is 6.07 Å². The highest BCUT2D eigenvalue weighted by molar-refractivity contribution is 5.95. The number of aromatic nitrogens is 1. The lowest BCUT2D eigenvalue weighted by molar-refractivity contribution is -0.119. The van der Waals surface area contributed by atoms with Crippen molar-refractivity contribution in [2.75, 3.05) is 11.9 Å². The summed E-state index contributed by atoms with van der Waals surface area (Å²) in [4.78, 5) is 23.2. The van der Waals surface area contributed by atoms with Crippen molar-refractivity contribution >= 4 is 17.7 Å². The minimum absolute atomic E-state index is 0.0446. The Kier molecular flexibility index (Phi) is 4.32. The van der Waals surface area contributed by atoms with E-state index in [-0.39, 0.29) is 11.4 Å². The number of anilines is 1. The Morgan fingerprint density at radius 3 is 2.71 bits per heavy atom. The molecule has 0 fully saturated rings. The fourth-order valence-electron chi connectivity index (χ4n) is 1.54. The predicted octanol–water partition coefficient (Wildman–Crippen LogP) is 2.23. The summed E-state index contributed by atoms with van der Waals surface area (Å²) in [7, 11) is 0. The number of carbonyl (C=O) groups is 2. The first-order valence-electron chi connectivity index (χ1n) is 6.12. The fraction of sp³-hybridized carbons (Fsp3) is 0.214. The molecule has 0 aliphatic heterocycles. The SMILES string of the molecule is Cc1cc(NC(=O)COC(=O)c2ccc(C)c(F)c2)no1. The molecular formula is C14H13FN2O4. The third kappa shape index (κ3) is 3.88. The van der Waals surface area contributed by atoms with Gasteiger partial charge in [0.2, 0.25) is 0 Å². The number of nitrogens with one attached hydrogen (secondary N) is 1. The second-order valence-corrected chi connectivity index (χ2v) is 4.41. The smallest absolute Gasteiger partial charge is 0.338 e. The first-order valence-corrected chi connectivity index (χ1v) is 6.12. The molecule has 0 atom stereocenters. The average Bonchev–Trinajstić information content (AvgIpc) is 2.84. The standard InChI is InChI=1S/C14H13FN2O4/c1-8-3-4-10(6-11(8)15)14(19)20-7-13(18)16-12-5-9(2)21-17-12/h3-6H,7H2,1-2H3,(H,16,17,18). The Bertz CT molecular complexity index is 681. The van der Waals surface area contributed by atoms with E-state index in [1.54, 1.807) is 13.8 Å². The van der Waals surface area contributed by atoms with Crippen LogP contribution >= 0.6 is 0 Å². The van der Waals surface area contributed by atoms with Crippen LogP contribution < -0.4 is 5.32 Å². The maximum absolute atomic E-state index is 13.3. The van der Waals surface area contributed by atoms with Crippen LogP contribution in [0.15, 0.2) is 28.8 Å². The molecule has 0 aliphatic rings. The monoisotopic (exact) mass is 292 g/mol. The number of hydrogen-bond donors (Lipinski definition) is 1. The molecule has 21 heavy (non-hydrogen) atoms. The van der Waals surface area contributed by atoms with Crippen LogP contribution in [0, 0.1) is 19.7 Å². The molecule has 1 amide bonds. The van der Waals surface area contributed by atoms with Crippen LogP contribution in [-0.2, 0) is 9.53 Å². The van der Waals surface area contributed by atoms with Crippen LogP contribution in [0.25, 0.3) is 0 Å². The Labute approximate surface area is 119 Å². The number of rotatable bonds is 4. The molecule has 2 aromatic rings. The van der Waals surface area contributed by atoms with Crippen LogP contribution in [0.1, 0.15) is 21.7 Å². The normalized spacial score (nSPS) is 10.2. The highest BCUT2D eigenvalue weighted by Crippen LogP contribution is 2.10. The van der Waals surface area contributed by atoms with E-state index in [2.05, 4.69) is 10.5 Å². The number of benzene rings is 1.